The second kappa shape index (κ2) is 7.57. The number of benzene rings is 2. The van der Waals surface area contributed by atoms with Crippen molar-refractivity contribution >= 4 is 5.97 Å². The van der Waals surface area contributed by atoms with Gasteiger partial charge in [0.05, 0.1) is 17.7 Å². The van der Waals surface area contributed by atoms with Crippen molar-refractivity contribution in [3.8, 4) is 17.1 Å². The molecular formula is C18H15FN2O4. The zero-order valence-electron chi connectivity index (χ0n) is 13.4. The molecule has 0 aliphatic heterocycles. The molecular weight excluding hydrogens is 327 g/mol. The Bertz CT molecular complexity index is 862. The summed E-state index contributed by atoms with van der Waals surface area (Å²) in [5.74, 6) is 0.106. The van der Waals surface area contributed by atoms with Crippen molar-refractivity contribution in [2.75, 3.05) is 6.61 Å². The first-order valence-corrected chi connectivity index (χ1v) is 7.65. The van der Waals surface area contributed by atoms with Crippen molar-refractivity contribution in [1.29, 1.82) is 0 Å². The van der Waals surface area contributed by atoms with Gasteiger partial charge in [0.1, 0.15) is 11.6 Å². The van der Waals surface area contributed by atoms with E-state index in [1.807, 2.05) is 31.2 Å². The molecule has 3 aromatic rings. The third kappa shape index (κ3) is 4.00. The predicted molar refractivity (Wildman–Crippen MR) is 86.4 cm³/mol. The Kier molecular flexibility index (Phi) is 5.03. The molecule has 0 saturated carbocycles. The number of carbonyl (C=O) groups is 1. The SMILES string of the molecule is CCOc1ccccc1-c1noc(COC(=O)c2ccc(F)cc2)n1. The van der Waals surface area contributed by atoms with Gasteiger partial charge in [0.2, 0.25) is 5.82 Å². The maximum absolute atomic E-state index is 12.9. The molecule has 0 unspecified atom stereocenters. The Morgan fingerprint density at radius 3 is 2.68 bits per heavy atom. The highest BCUT2D eigenvalue weighted by Gasteiger charge is 2.15. The topological polar surface area (TPSA) is 74.5 Å². The highest BCUT2D eigenvalue weighted by Crippen LogP contribution is 2.27. The van der Waals surface area contributed by atoms with Crippen LogP contribution in [-0.2, 0) is 11.3 Å². The van der Waals surface area contributed by atoms with Gasteiger partial charge in [-0.25, -0.2) is 9.18 Å². The van der Waals surface area contributed by atoms with Gasteiger partial charge in [-0.05, 0) is 43.3 Å². The molecule has 0 aliphatic carbocycles. The molecule has 1 aromatic heterocycles. The molecule has 0 radical (unpaired) electrons. The molecule has 7 heteroatoms. The van der Waals surface area contributed by atoms with Crippen molar-refractivity contribution in [2.24, 2.45) is 0 Å². The monoisotopic (exact) mass is 342 g/mol. The molecule has 0 aliphatic rings. The molecule has 0 fully saturated rings. The van der Waals surface area contributed by atoms with Crippen molar-refractivity contribution in [1.82, 2.24) is 10.1 Å². The van der Waals surface area contributed by atoms with Gasteiger partial charge in [0.25, 0.3) is 5.89 Å². The number of hydrogen-bond acceptors (Lipinski definition) is 6. The normalized spacial score (nSPS) is 10.5. The van der Waals surface area contributed by atoms with E-state index >= 15 is 0 Å². The predicted octanol–water partition coefficient (Wildman–Crippen LogP) is 3.63. The molecule has 0 bridgehead atoms. The molecule has 6 nitrogen and oxygen atoms in total. The van der Waals surface area contributed by atoms with Crippen molar-refractivity contribution < 1.29 is 23.2 Å². The number of carbonyl (C=O) groups excluding carboxylic acids is 1. The minimum absolute atomic E-state index is 0.150. The Morgan fingerprint density at radius 2 is 1.92 bits per heavy atom. The summed E-state index contributed by atoms with van der Waals surface area (Å²) < 4.78 is 28.6. The van der Waals surface area contributed by atoms with Gasteiger partial charge in [-0.15, -0.1) is 0 Å². The van der Waals surface area contributed by atoms with Gasteiger partial charge in [-0.1, -0.05) is 17.3 Å². The maximum Gasteiger partial charge on any atom is 0.338 e. The number of para-hydroxylation sites is 1. The standard InChI is InChI=1S/C18H15FN2O4/c1-2-23-15-6-4-3-5-14(15)17-20-16(25-21-17)11-24-18(22)12-7-9-13(19)10-8-12/h3-10H,2,11H2,1H3. The van der Waals surface area contributed by atoms with Crippen molar-refractivity contribution in [3.63, 3.8) is 0 Å². The zero-order valence-corrected chi connectivity index (χ0v) is 13.4. The summed E-state index contributed by atoms with van der Waals surface area (Å²) >= 11 is 0. The van der Waals surface area contributed by atoms with Gasteiger partial charge in [-0.2, -0.15) is 4.98 Å². The molecule has 3 rings (SSSR count). The Morgan fingerprint density at radius 1 is 1.16 bits per heavy atom. The van der Waals surface area contributed by atoms with Crippen LogP contribution in [0.1, 0.15) is 23.2 Å². The lowest BCUT2D eigenvalue weighted by molar-refractivity contribution is 0.0430. The number of ether oxygens (including phenoxy) is 2. The first kappa shape index (κ1) is 16.6. The van der Waals surface area contributed by atoms with Gasteiger partial charge >= 0.3 is 5.97 Å². The van der Waals surface area contributed by atoms with Crippen molar-refractivity contribution in [2.45, 2.75) is 13.5 Å². The minimum atomic E-state index is -0.602. The van der Waals surface area contributed by atoms with Gasteiger partial charge in [0.15, 0.2) is 6.61 Å². The van der Waals surface area contributed by atoms with E-state index in [4.69, 9.17) is 14.0 Å². The minimum Gasteiger partial charge on any atom is -0.493 e. The van der Waals surface area contributed by atoms with Crippen LogP contribution in [0.2, 0.25) is 0 Å². The maximum atomic E-state index is 12.9. The largest absolute Gasteiger partial charge is 0.493 e. The van der Waals surface area contributed by atoms with Crippen LogP contribution in [0.25, 0.3) is 11.4 Å². The van der Waals surface area contributed by atoms with Crippen LogP contribution in [0.3, 0.4) is 0 Å². The first-order chi connectivity index (χ1) is 12.2. The van der Waals surface area contributed by atoms with Crippen LogP contribution < -0.4 is 4.74 Å². The Hall–Kier alpha value is -3.22. The summed E-state index contributed by atoms with van der Waals surface area (Å²) in [6, 6.07) is 12.4. The average Bonchev–Trinajstić information content (AvgIpc) is 3.10. The summed E-state index contributed by atoms with van der Waals surface area (Å²) in [5.41, 5.74) is 0.923. The number of nitrogens with zero attached hydrogens (tertiary/aromatic N) is 2. The molecule has 1 heterocycles. The van der Waals surface area contributed by atoms with Crippen LogP contribution in [0, 0.1) is 5.82 Å². The van der Waals surface area contributed by atoms with Crippen LogP contribution in [0.5, 0.6) is 5.75 Å². The summed E-state index contributed by atoms with van der Waals surface area (Å²) in [4.78, 5) is 16.1. The first-order valence-electron chi connectivity index (χ1n) is 7.65. The number of esters is 1. The fourth-order valence-electron chi connectivity index (χ4n) is 2.15. The lowest BCUT2D eigenvalue weighted by Crippen LogP contribution is -2.05. The van der Waals surface area contributed by atoms with E-state index in [1.54, 1.807) is 0 Å². The Balaban J connectivity index is 1.68. The second-order valence-corrected chi connectivity index (χ2v) is 5.02. The summed E-state index contributed by atoms with van der Waals surface area (Å²) in [6.45, 7) is 2.21. The number of hydrogen-bond donors (Lipinski definition) is 0. The molecule has 0 N–H and O–H groups in total. The van der Waals surface area contributed by atoms with Crippen LogP contribution in [-0.4, -0.2) is 22.7 Å². The third-order valence-electron chi connectivity index (χ3n) is 3.30. The summed E-state index contributed by atoms with van der Waals surface area (Å²) in [6.07, 6.45) is 0. The third-order valence-corrected chi connectivity index (χ3v) is 3.30. The molecule has 0 atom stereocenters. The summed E-state index contributed by atoms with van der Waals surface area (Å²) in [5, 5.41) is 3.88. The molecule has 0 spiro atoms. The molecule has 0 saturated heterocycles. The van der Waals surface area contributed by atoms with Gasteiger partial charge < -0.3 is 14.0 Å². The van der Waals surface area contributed by atoms with Crippen LogP contribution in [0.4, 0.5) is 4.39 Å². The number of halogens is 1. The van der Waals surface area contributed by atoms with Gasteiger partial charge in [0, 0.05) is 0 Å². The van der Waals surface area contributed by atoms with Gasteiger partial charge in [-0.3, -0.25) is 0 Å². The average molecular weight is 342 g/mol. The fraction of sp³-hybridized carbons (Fsp3) is 0.167. The number of aromatic nitrogens is 2. The smallest absolute Gasteiger partial charge is 0.338 e. The van der Waals surface area contributed by atoms with Crippen LogP contribution >= 0.6 is 0 Å². The Labute approximate surface area is 143 Å². The van der Waals surface area contributed by atoms with Crippen molar-refractivity contribution in [3.05, 3.63) is 65.8 Å². The highest BCUT2D eigenvalue weighted by atomic mass is 19.1. The second-order valence-electron chi connectivity index (χ2n) is 5.02. The lowest BCUT2D eigenvalue weighted by atomic mass is 10.2. The van der Waals surface area contributed by atoms with E-state index in [9.17, 15) is 9.18 Å². The number of rotatable bonds is 6. The quantitative estimate of drug-likeness (QED) is 0.637. The van der Waals surface area contributed by atoms with E-state index in [-0.39, 0.29) is 18.1 Å². The molecule has 128 valence electrons. The van der Waals surface area contributed by atoms with E-state index in [1.165, 1.54) is 24.3 Å². The summed E-state index contributed by atoms with van der Waals surface area (Å²) in [7, 11) is 0. The lowest BCUT2D eigenvalue weighted by Gasteiger charge is -2.06. The zero-order chi connectivity index (χ0) is 17.6. The molecule has 25 heavy (non-hydrogen) atoms. The van der Waals surface area contributed by atoms with E-state index < -0.39 is 11.8 Å². The van der Waals surface area contributed by atoms with E-state index in [0.717, 1.165) is 0 Å². The van der Waals surface area contributed by atoms with E-state index in [0.29, 0.717) is 23.7 Å². The van der Waals surface area contributed by atoms with E-state index in [2.05, 4.69) is 10.1 Å². The fourth-order valence-corrected chi connectivity index (χ4v) is 2.15. The molecule has 2 aromatic carbocycles. The molecule has 0 amide bonds. The van der Waals surface area contributed by atoms with Crippen LogP contribution in [0.15, 0.2) is 53.1 Å². The highest BCUT2D eigenvalue weighted by molar-refractivity contribution is 5.89.